The summed E-state index contributed by atoms with van der Waals surface area (Å²) in [4.78, 5) is 25.8. The van der Waals surface area contributed by atoms with E-state index in [-0.39, 0.29) is 29.2 Å². The van der Waals surface area contributed by atoms with Crippen LogP contribution in [-0.4, -0.2) is 42.4 Å². The third-order valence-electron chi connectivity index (χ3n) is 5.76. The number of nitrogens with one attached hydrogen (secondary N) is 1. The van der Waals surface area contributed by atoms with Crippen molar-refractivity contribution in [3.05, 3.63) is 57.5 Å². The maximum Gasteiger partial charge on any atom is 0.263 e. The lowest BCUT2D eigenvalue weighted by Gasteiger charge is -2.27. The van der Waals surface area contributed by atoms with Crippen LogP contribution >= 0.6 is 0 Å². The molecule has 1 aliphatic rings. The molecule has 0 radical (unpaired) electrons. The van der Waals surface area contributed by atoms with E-state index < -0.39 is 0 Å². The minimum Gasteiger partial charge on any atom is -0.493 e. The summed E-state index contributed by atoms with van der Waals surface area (Å²) in [7, 11) is 3.17. The first-order chi connectivity index (χ1) is 14.4. The molecular formula is C23H30N2O5. The molecule has 7 heteroatoms. The van der Waals surface area contributed by atoms with Crippen LogP contribution < -0.4 is 20.3 Å². The summed E-state index contributed by atoms with van der Waals surface area (Å²) in [6, 6.07) is 7.47. The van der Waals surface area contributed by atoms with E-state index in [4.69, 9.17) is 9.47 Å². The second kappa shape index (κ2) is 9.80. The average molecular weight is 415 g/mol. The Kier molecular flexibility index (Phi) is 7.15. The van der Waals surface area contributed by atoms with Crippen LogP contribution in [0.4, 0.5) is 0 Å². The molecule has 2 aromatic rings. The first-order valence-corrected chi connectivity index (χ1v) is 10.3. The minimum absolute atomic E-state index is 0.0276. The number of amides is 1. The summed E-state index contributed by atoms with van der Waals surface area (Å²) in [6.45, 7) is 2.18. The van der Waals surface area contributed by atoms with Crippen LogP contribution in [0.25, 0.3) is 0 Å². The Morgan fingerprint density at radius 2 is 1.83 bits per heavy atom. The van der Waals surface area contributed by atoms with Gasteiger partial charge in [-0.2, -0.15) is 0 Å². The van der Waals surface area contributed by atoms with E-state index in [2.05, 4.69) is 5.32 Å². The number of carbonyl (C=O) groups excluding carboxylic acids is 1. The van der Waals surface area contributed by atoms with Gasteiger partial charge in [-0.3, -0.25) is 9.59 Å². The van der Waals surface area contributed by atoms with E-state index in [9.17, 15) is 14.7 Å². The van der Waals surface area contributed by atoms with Crippen molar-refractivity contribution in [1.29, 1.82) is 0 Å². The van der Waals surface area contributed by atoms with Crippen LogP contribution in [0.5, 0.6) is 11.5 Å². The summed E-state index contributed by atoms with van der Waals surface area (Å²) < 4.78 is 12.2. The molecule has 30 heavy (non-hydrogen) atoms. The standard InChI is InChI=1S/C23H30N2O5/c1-15-11-13-25(17-5-7-18(26)8-6-17)23(28)21(15)22(27)24-12-10-16-4-9-19(29-2)20(14-16)30-3/h4,9,11,13-14,17-18,26H,5-8,10,12H2,1-3H3,(H,24,27). The van der Waals surface area contributed by atoms with Gasteiger partial charge in [0.1, 0.15) is 5.56 Å². The number of nitrogens with zero attached hydrogens (tertiary/aromatic N) is 1. The van der Waals surface area contributed by atoms with Crippen molar-refractivity contribution in [3.63, 3.8) is 0 Å². The van der Waals surface area contributed by atoms with Crippen molar-refractivity contribution >= 4 is 5.91 Å². The van der Waals surface area contributed by atoms with Gasteiger partial charge in [-0.15, -0.1) is 0 Å². The molecule has 1 amide bonds. The average Bonchev–Trinajstić information content (AvgIpc) is 2.74. The highest BCUT2D eigenvalue weighted by molar-refractivity contribution is 5.95. The zero-order valence-electron chi connectivity index (χ0n) is 17.8. The summed E-state index contributed by atoms with van der Waals surface area (Å²) in [5.74, 6) is 0.935. The zero-order chi connectivity index (χ0) is 21.7. The monoisotopic (exact) mass is 414 g/mol. The van der Waals surface area contributed by atoms with Gasteiger partial charge in [-0.05, 0) is 68.4 Å². The van der Waals surface area contributed by atoms with Crippen LogP contribution in [0.1, 0.15) is 53.2 Å². The van der Waals surface area contributed by atoms with E-state index in [1.807, 2.05) is 24.3 Å². The molecule has 0 aliphatic heterocycles. The van der Waals surface area contributed by atoms with Crippen LogP contribution in [0.15, 0.2) is 35.3 Å². The maximum absolute atomic E-state index is 13.0. The Labute approximate surface area is 176 Å². The smallest absolute Gasteiger partial charge is 0.263 e. The number of ether oxygens (including phenoxy) is 2. The van der Waals surface area contributed by atoms with E-state index in [1.54, 1.807) is 31.9 Å². The SMILES string of the molecule is COc1ccc(CCNC(=O)c2c(C)ccn(C3CCC(O)CC3)c2=O)cc1OC. The van der Waals surface area contributed by atoms with E-state index in [1.165, 1.54) is 0 Å². The van der Waals surface area contributed by atoms with Gasteiger partial charge in [-0.25, -0.2) is 0 Å². The summed E-state index contributed by atoms with van der Waals surface area (Å²) in [5, 5.41) is 12.6. The number of benzene rings is 1. The fourth-order valence-electron chi connectivity index (χ4n) is 3.99. The molecule has 0 saturated heterocycles. The first-order valence-electron chi connectivity index (χ1n) is 10.3. The van der Waals surface area contributed by atoms with Crippen molar-refractivity contribution in [2.75, 3.05) is 20.8 Å². The largest absolute Gasteiger partial charge is 0.493 e. The predicted molar refractivity (Wildman–Crippen MR) is 115 cm³/mol. The number of hydrogen-bond donors (Lipinski definition) is 2. The highest BCUT2D eigenvalue weighted by atomic mass is 16.5. The van der Waals surface area contributed by atoms with E-state index in [0.29, 0.717) is 42.9 Å². The predicted octanol–water partition coefficient (Wildman–Crippen LogP) is 2.62. The molecule has 1 aromatic carbocycles. The van der Waals surface area contributed by atoms with Crippen LogP contribution in [0, 0.1) is 6.92 Å². The molecule has 1 fully saturated rings. The Balaban J connectivity index is 1.68. The number of aliphatic hydroxyl groups excluding tert-OH is 1. The molecule has 0 bridgehead atoms. The second-order valence-corrected chi connectivity index (χ2v) is 7.74. The molecule has 1 aromatic heterocycles. The number of methoxy groups -OCH3 is 2. The van der Waals surface area contributed by atoms with E-state index in [0.717, 1.165) is 18.4 Å². The van der Waals surface area contributed by atoms with Crippen molar-refractivity contribution < 1.29 is 19.4 Å². The Hall–Kier alpha value is -2.80. The van der Waals surface area contributed by atoms with E-state index >= 15 is 0 Å². The van der Waals surface area contributed by atoms with Gasteiger partial charge >= 0.3 is 0 Å². The summed E-state index contributed by atoms with van der Waals surface area (Å²) in [5.41, 5.74) is 1.59. The number of aromatic nitrogens is 1. The molecule has 1 aliphatic carbocycles. The van der Waals surface area contributed by atoms with Crippen LogP contribution in [0.2, 0.25) is 0 Å². The van der Waals surface area contributed by atoms with Gasteiger partial charge in [0.2, 0.25) is 0 Å². The van der Waals surface area contributed by atoms with Gasteiger partial charge in [-0.1, -0.05) is 6.07 Å². The van der Waals surface area contributed by atoms with Gasteiger partial charge < -0.3 is 24.5 Å². The Morgan fingerprint density at radius 3 is 2.50 bits per heavy atom. The molecule has 3 rings (SSSR count). The summed E-state index contributed by atoms with van der Waals surface area (Å²) in [6.07, 6.45) is 4.92. The first kappa shape index (κ1) is 21.9. The van der Waals surface area contributed by atoms with Crippen LogP contribution in [-0.2, 0) is 6.42 Å². The third kappa shape index (κ3) is 4.84. The molecule has 2 N–H and O–H groups in total. The zero-order valence-corrected chi connectivity index (χ0v) is 17.8. The topological polar surface area (TPSA) is 89.8 Å². The van der Waals surface area contributed by atoms with Gasteiger partial charge in [0.05, 0.1) is 20.3 Å². The molecule has 162 valence electrons. The normalized spacial score (nSPS) is 18.7. The van der Waals surface area contributed by atoms with Gasteiger partial charge in [0, 0.05) is 18.8 Å². The quantitative estimate of drug-likeness (QED) is 0.727. The van der Waals surface area contributed by atoms with Gasteiger partial charge in [0.15, 0.2) is 11.5 Å². The highest BCUT2D eigenvalue weighted by Gasteiger charge is 2.24. The number of rotatable bonds is 7. The third-order valence-corrected chi connectivity index (χ3v) is 5.76. The molecule has 1 saturated carbocycles. The number of carbonyl (C=O) groups is 1. The number of pyridine rings is 1. The van der Waals surface area contributed by atoms with Crippen molar-refractivity contribution in [1.82, 2.24) is 9.88 Å². The second-order valence-electron chi connectivity index (χ2n) is 7.74. The molecule has 0 spiro atoms. The molecule has 0 unspecified atom stereocenters. The van der Waals surface area contributed by atoms with Gasteiger partial charge in [0.25, 0.3) is 11.5 Å². The van der Waals surface area contributed by atoms with Crippen molar-refractivity contribution in [2.24, 2.45) is 0 Å². The van der Waals surface area contributed by atoms with Crippen molar-refractivity contribution in [2.45, 2.75) is 51.2 Å². The molecule has 1 heterocycles. The lowest BCUT2D eigenvalue weighted by atomic mass is 9.92. The lowest BCUT2D eigenvalue weighted by molar-refractivity contribution is 0.0947. The lowest BCUT2D eigenvalue weighted by Crippen LogP contribution is -2.37. The molecule has 7 nitrogen and oxygen atoms in total. The fraction of sp³-hybridized carbons (Fsp3) is 0.478. The maximum atomic E-state index is 13.0. The molecule has 0 atom stereocenters. The highest BCUT2D eigenvalue weighted by Crippen LogP contribution is 2.28. The van der Waals surface area contributed by atoms with Crippen LogP contribution in [0.3, 0.4) is 0 Å². The summed E-state index contributed by atoms with van der Waals surface area (Å²) >= 11 is 0. The Morgan fingerprint density at radius 1 is 1.13 bits per heavy atom. The number of aryl methyl sites for hydroxylation is 1. The fourth-order valence-corrected chi connectivity index (χ4v) is 3.99. The number of hydrogen-bond acceptors (Lipinski definition) is 5. The molecular weight excluding hydrogens is 384 g/mol. The minimum atomic E-state index is -0.358. The Bertz CT molecular complexity index is 945. The van der Waals surface area contributed by atoms with Crippen molar-refractivity contribution in [3.8, 4) is 11.5 Å². The number of aliphatic hydroxyl groups is 1.